The molecule has 0 rings (SSSR count). The van der Waals surface area contributed by atoms with Crippen LogP contribution in [-0.4, -0.2) is 13.4 Å². The first-order valence-corrected chi connectivity index (χ1v) is 9.26. The van der Waals surface area contributed by atoms with E-state index < -0.39 is 0 Å². The average molecular weight is 300 g/mol. The minimum absolute atomic E-state index is 0.750. The zero-order valence-electron chi connectivity index (χ0n) is 14.7. The maximum absolute atomic E-state index is 10.1. The molecule has 0 unspecified atom stereocenters. The molecule has 0 atom stereocenters. The van der Waals surface area contributed by atoms with E-state index in [4.69, 9.17) is 5.11 Å². The Balaban J connectivity index is 0. The van der Waals surface area contributed by atoms with Gasteiger partial charge in [0.25, 0.3) is 0 Å². The molecule has 21 heavy (non-hydrogen) atoms. The summed E-state index contributed by atoms with van der Waals surface area (Å²) in [5.74, 6) is 0. The summed E-state index contributed by atoms with van der Waals surface area (Å²) >= 11 is 0. The number of unbranched alkanes of at least 4 members (excludes halogenated alkanes) is 15. The number of aldehydes is 1. The summed E-state index contributed by atoms with van der Waals surface area (Å²) in [6.45, 7) is 2.28. The molecule has 2 heteroatoms. The van der Waals surface area contributed by atoms with Gasteiger partial charge in [0.2, 0.25) is 0 Å². The fraction of sp³-hybridized carbons (Fsp3) is 0.947. The molecule has 0 amide bonds. The van der Waals surface area contributed by atoms with E-state index in [9.17, 15) is 4.79 Å². The molecule has 0 N–H and O–H groups in total. The van der Waals surface area contributed by atoms with Crippen molar-refractivity contribution in [3.8, 4) is 0 Å². The van der Waals surface area contributed by atoms with Gasteiger partial charge in [0.05, 0.1) is 7.11 Å². The molecule has 2 nitrogen and oxygen atoms in total. The summed E-state index contributed by atoms with van der Waals surface area (Å²) in [7, 11) is 0.750. The lowest BCUT2D eigenvalue weighted by Crippen LogP contribution is -1.83. The molecule has 0 aromatic rings. The molecular formula is C19H39O2. The van der Waals surface area contributed by atoms with Gasteiger partial charge in [0.15, 0.2) is 0 Å². The summed E-state index contributed by atoms with van der Waals surface area (Å²) in [6, 6.07) is 0. The van der Waals surface area contributed by atoms with Crippen molar-refractivity contribution in [3.05, 3.63) is 0 Å². The Labute approximate surface area is 133 Å². The monoisotopic (exact) mass is 299 g/mol. The van der Waals surface area contributed by atoms with Crippen LogP contribution in [-0.2, 0) is 9.90 Å². The minimum Gasteiger partial charge on any atom is -0.303 e. The highest BCUT2D eigenvalue weighted by Gasteiger charge is 1.94. The number of rotatable bonds is 16. The highest BCUT2D eigenvalue weighted by atomic mass is 16.2. The standard InChI is InChI=1S/C18H36O.CH3O/c1-2-3-4-5-6-7-8-9-10-11-12-13-14-15-16-17-18-19;1-2/h18H,2-17H2,1H3;1H3. The second-order valence-corrected chi connectivity index (χ2v) is 5.91. The molecule has 0 saturated heterocycles. The molecule has 0 aliphatic rings. The molecule has 0 aromatic carbocycles. The zero-order chi connectivity index (χ0) is 16.0. The minimum atomic E-state index is 0.750. The van der Waals surface area contributed by atoms with E-state index in [2.05, 4.69) is 6.92 Å². The number of carbonyl (C=O) groups excluding carboxylic acids is 1. The largest absolute Gasteiger partial charge is 0.303 e. The molecule has 0 saturated carbocycles. The summed E-state index contributed by atoms with van der Waals surface area (Å²) in [6.07, 6.45) is 22.6. The third-order valence-electron chi connectivity index (χ3n) is 3.93. The Hall–Kier alpha value is -0.370. The van der Waals surface area contributed by atoms with Crippen LogP contribution in [0.5, 0.6) is 0 Å². The molecule has 127 valence electrons. The summed E-state index contributed by atoms with van der Waals surface area (Å²) < 4.78 is 0. The van der Waals surface area contributed by atoms with Crippen molar-refractivity contribution in [1.29, 1.82) is 0 Å². The maximum Gasteiger partial charge on any atom is 0.119 e. The van der Waals surface area contributed by atoms with Gasteiger partial charge in [-0.3, -0.25) is 0 Å². The van der Waals surface area contributed by atoms with E-state index in [1.165, 1.54) is 89.9 Å². The van der Waals surface area contributed by atoms with Gasteiger partial charge in [-0.25, -0.2) is 5.11 Å². The third kappa shape index (κ3) is 25.0. The number of hydrogen-bond acceptors (Lipinski definition) is 1. The SMILES string of the molecule is CCCCCCCCCCCCCCCCCC=O.C[O]. The van der Waals surface area contributed by atoms with Crippen LogP contribution in [0.1, 0.15) is 110 Å². The van der Waals surface area contributed by atoms with Gasteiger partial charge in [0, 0.05) is 6.42 Å². The van der Waals surface area contributed by atoms with Gasteiger partial charge in [-0.1, -0.05) is 96.8 Å². The first-order valence-electron chi connectivity index (χ1n) is 9.26. The molecule has 0 aromatic heterocycles. The van der Waals surface area contributed by atoms with Gasteiger partial charge >= 0.3 is 0 Å². The molecule has 1 radical (unpaired) electrons. The molecule has 0 spiro atoms. The van der Waals surface area contributed by atoms with Crippen LogP contribution >= 0.6 is 0 Å². The topological polar surface area (TPSA) is 37.0 Å². The van der Waals surface area contributed by atoms with Crippen molar-refractivity contribution in [2.45, 2.75) is 110 Å². The summed E-state index contributed by atoms with van der Waals surface area (Å²) in [4.78, 5) is 10.1. The second kappa shape index (κ2) is 24.6. The van der Waals surface area contributed by atoms with E-state index >= 15 is 0 Å². The Morgan fingerprint density at radius 3 is 1.10 bits per heavy atom. The van der Waals surface area contributed by atoms with Crippen molar-refractivity contribution in [1.82, 2.24) is 0 Å². The highest BCUT2D eigenvalue weighted by Crippen LogP contribution is 2.13. The average Bonchev–Trinajstić information content (AvgIpc) is 2.53. The van der Waals surface area contributed by atoms with Crippen molar-refractivity contribution < 1.29 is 9.90 Å². The first-order chi connectivity index (χ1) is 10.4. The Bertz CT molecular complexity index is 169. The van der Waals surface area contributed by atoms with Crippen LogP contribution in [0.15, 0.2) is 0 Å². The number of hydrogen-bond donors (Lipinski definition) is 0. The Morgan fingerprint density at radius 1 is 0.524 bits per heavy atom. The lowest BCUT2D eigenvalue weighted by Gasteiger charge is -2.02. The number of carbonyl (C=O) groups is 1. The first kappa shape index (κ1) is 22.9. The van der Waals surface area contributed by atoms with Gasteiger partial charge in [-0.2, -0.15) is 0 Å². The van der Waals surface area contributed by atoms with Crippen LogP contribution in [0.25, 0.3) is 0 Å². The normalized spacial score (nSPS) is 10.0. The molecule has 0 fully saturated rings. The van der Waals surface area contributed by atoms with E-state index in [1.54, 1.807) is 0 Å². The van der Waals surface area contributed by atoms with Gasteiger partial charge in [0.1, 0.15) is 6.29 Å². The lowest BCUT2D eigenvalue weighted by molar-refractivity contribution is -0.107. The van der Waals surface area contributed by atoms with Crippen molar-refractivity contribution in [3.63, 3.8) is 0 Å². The summed E-state index contributed by atoms with van der Waals surface area (Å²) in [5, 5.41) is 8.25. The summed E-state index contributed by atoms with van der Waals surface area (Å²) in [5.41, 5.74) is 0. The predicted molar refractivity (Wildman–Crippen MR) is 92.2 cm³/mol. The van der Waals surface area contributed by atoms with Crippen molar-refractivity contribution in [2.24, 2.45) is 0 Å². The van der Waals surface area contributed by atoms with Crippen LogP contribution in [0.2, 0.25) is 0 Å². The molecular weight excluding hydrogens is 260 g/mol. The Kier molecular flexibility index (Phi) is 26.9. The lowest BCUT2D eigenvalue weighted by atomic mass is 10.0. The van der Waals surface area contributed by atoms with Gasteiger partial charge in [-0.05, 0) is 6.42 Å². The molecule has 0 heterocycles. The van der Waals surface area contributed by atoms with E-state index in [1.807, 2.05) is 0 Å². The quantitative estimate of drug-likeness (QED) is 0.237. The molecule has 0 bridgehead atoms. The molecule has 0 aliphatic heterocycles. The fourth-order valence-electron chi connectivity index (χ4n) is 2.60. The fourth-order valence-corrected chi connectivity index (χ4v) is 2.60. The Morgan fingerprint density at radius 2 is 0.810 bits per heavy atom. The van der Waals surface area contributed by atoms with Crippen LogP contribution < -0.4 is 0 Å². The zero-order valence-corrected chi connectivity index (χ0v) is 14.7. The van der Waals surface area contributed by atoms with Crippen LogP contribution in [0.4, 0.5) is 0 Å². The van der Waals surface area contributed by atoms with E-state index in [0.717, 1.165) is 26.2 Å². The van der Waals surface area contributed by atoms with Gasteiger partial charge < -0.3 is 4.79 Å². The third-order valence-corrected chi connectivity index (χ3v) is 3.93. The maximum atomic E-state index is 10.1. The van der Waals surface area contributed by atoms with E-state index in [-0.39, 0.29) is 0 Å². The van der Waals surface area contributed by atoms with Crippen LogP contribution in [0, 0.1) is 0 Å². The van der Waals surface area contributed by atoms with Crippen molar-refractivity contribution >= 4 is 6.29 Å². The predicted octanol–water partition coefficient (Wildman–Crippen LogP) is 6.49. The van der Waals surface area contributed by atoms with Crippen LogP contribution in [0.3, 0.4) is 0 Å². The van der Waals surface area contributed by atoms with E-state index in [0.29, 0.717) is 0 Å². The second-order valence-electron chi connectivity index (χ2n) is 5.91. The van der Waals surface area contributed by atoms with Gasteiger partial charge in [-0.15, -0.1) is 0 Å². The molecule has 0 aliphatic carbocycles. The van der Waals surface area contributed by atoms with Crippen molar-refractivity contribution in [2.75, 3.05) is 7.11 Å². The highest BCUT2D eigenvalue weighted by molar-refractivity contribution is 5.48. The smallest absolute Gasteiger partial charge is 0.119 e.